The van der Waals surface area contributed by atoms with E-state index in [1.165, 1.54) is 0 Å². The monoisotopic (exact) mass is 526 g/mol. The van der Waals surface area contributed by atoms with Gasteiger partial charge in [-0.15, -0.1) is 0 Å². The number of pyridine rings is 1. The molecule has 5 rings (SSSR count). The zero-order valence-electron chi connectivity index (χ0n) is 20.6. The summed E-state index contributed by atoms with van der Waals surface area (Å²) in [6.45, 7) is 4.65. The second-order valence-corrected chi connectivity index (χ2v) is 9.32. The van der Waals surface area contributed by atoms with Gasteiger partial charge in [-0.1, -0.05) is 18.2 Å². The number of rotatable bonds is 3. The van der Waals surface area contributed by atoms with Crippen molar-refractivity contribution in [2.45, 2.75) is 32.8 Å². The summed E-state index contributed by atoms with van der Waals surface area (Å²) in [5.41, 5.74) is 3.89. The Kier molecular flexibility index (Phi) is 7.34. The van der Waals surface area contributed by atoms with Gasteiger partial charge in [-0.25, -0.2) is 28.0 Å². The molecule has 6 nitrogen and oxygen atoms in total. The third-order valence-electron chi connectivity index (χ3n) is 5.30. The van der Waals surface area contributed by atoms with Crippen LogP contribution in [0, 0.1) is 23.3 Å². The van der Waals surface area contributed by atoms with Gasteiger partial charge in [-0.3, -0.25) is 9.59 Å². The van der Waals surface area contributed by atoms with Gasteiger partial charge in [0.2, 0.25) is 0 Å². The molecule has 1 aliphatic heterocycles. The molecule has 1 aliphatic rings. The van der Waals surface area contributed by atoms with Crippen molar-refractivity contribution in [3.8, 4) is 5.75 Å². The summed E-state index contributed by atoms with van der Waals surface area (Å²) >= 11 is 0. The maximum Gasteiger partial charge on any atom is 0.314 e. The van der Waals surface area contributed by atoms with Gasteiger partial charge in [0.25, 0.3) is 0 Å². The first-order valence-corrected chi connectivity index (χ1v) is 11.4. The Hall–Kier alpha value is -4.47. The first-order chi connectivity index (χ1) is 17.9. The molecule has 0 amide bonds. The van der Waals surface area contributed by atoms with Crippen LogP contribution in [-0.2, 0) is 9.53 Å². The Labute approximate surface area is 214 Å². The molecule has 38 heavy (non-hydrogen) atoms. The average Bonchev–Trinajstić information content (AvgIpc) is 2.87. The number of esters is 1. The van der Waals surface area contributed by atoms with Crippen molar-refractivity contribution in [3.63, 3.8) is 0 Å². The lowest BCUT2D eigenvalue weighted by atomic mass is 10.1. The summed E-state index contributed by atoms with van der Waals surface area (Å²) in [4.78, 5) is 33.1. The predicted octanol–water partition coefficient (Wildman–Crippen LogP) is 6.41. The average molecular weight is 526 g/mol. The van der Waals surface area contributed by atoms with Gasteiger partial charge in [0, 0.05) is 22.5 Å². The molecule has 1 aromatic heterocycles. The van der Waals surface area contributed by atoms with E-state index < -0.39 is 52.6 Å². The van der Waals surface area contributed by atoms with Gasteiger partial charge in [-0.2, -0.15) is 0 Å². The summed E-state index contributed by atoms with van der Waals surface area (Å²) < 4.78 is 56.8. The largest absolute Gasteiger partial charge is 0.460 e. The lowest BCUT2D eigenvalue weighted by Crippen LogP contribution is -2.25. The molecule has 10 heteroatoms. The van der Waals surface area contributed by atoms with Crippen molar-refractivity contribution in [1.29, 1.82) is 0 Å². The number of aromatic nitrogens is 1. The number of fused-ring (bicyclic) bond motifs is 4. The molecule has 0 atom stereocenters. The Bertz CT molecular complexity index is 1600. The van der Waals surface area contributed by atoms with Crippen LogP contribution in [0.15, 0.2) is 54.7 Å². The van der Waals surface area contributed by atoms with Crippen LogP contribution in [0.1, 0.15) is 43.1 Å². The van der Waals surface area contributed by atoms with Crippen LogP contribution in [0.25, 0.3) is 27.9 Å². The summed E-state index contributed by atoms with van der Waals surface area (Å²) in [6.07, 6.45) is 2.87. The highest BCUT2D eigenvalue weighted by Crippen LogP contribution is 2.33. The van der Waals surface area contributed by atoms with E-state index in [0.29, 0.717) is 0 Å². The van der Waals surface area contributed by atoms with E-state index in [1.54, 1.807) is 27.0 Å². The normalized spacial score (nSPS) is 12.2. The van der Waals surface area contributed by atoms with Crippen LogP contribution in [0.3, 0.4) is 0 Å². The molecule has 0 unspecified atom stereocenters. The van der Waals surface area contributed by atoms with Gasteiger partial charge in [0.15, 0.2) is 34.8 Å². The van der Waals surface area contributed by atoms with Crippen molar-refractivity contribution in [2.75, 3.05) is 0 Å². The molecule has 0 fully saturated rings. The van der Waals surface area contributed by atoms with Crippen LogP contribution >= 0.6 is 0 Å². The van der Waals surface area contributed by atoms with Gasteiger partial charge in [-0.05, 0) is 57.2 Å². The number of benzene rings is 3. The number of carbonyl (C=O) groups excluding carboxylic acids is 2. The molecular weight excluding hydrogens is 504 g/mol. The number of Topliss-reactive ketones (excluding diaryl/α,β-unsaturated/α-hetero) is 1. The second-order valence-electron chi connectivity index (χ2n) is 9.32. The number of hydrogen-bond acceptors (Lipinski definition) is 6. The topological polar surface area (TPSA) is 77.5 Å². The van der Waals surface area contributed by atoms with Crippen LogP contribution in [0.5, 0.6) is 5.75 Å². The number of nitrogens with zero attached hydrogens (tertiary/aromatic N) is 1. The molecule has 0 radical (unpaired) electrons. The van der Waals surface area contributed by atoms with Crippen LogP contribution < -0.4 is 10.3 Å². The van der Waals surface area contributed by atoms with Gasteiger partial charge in [0.1, 0.15) is 12.0 Å². The maximum atomic E-state index is 13.3. The third-order valence-corrected chi connectivity index (χ3v) is 5.30. The first kappa shape index (κ1) is 26.6. The zero-order chi connectivity index (χ0) is 27.6. The molecule has 0 saturated heterocycles. The van der Waals surface area contributed by atoms with E-state index in [9.17, 15) is 27.2 Å². The fourth-order valence-electron chi connectivity index (χ4n) is 3.68. The molecule has 2 heterocycles. The number of hydroxylamine groups is 1. The minimum Gasteiger partial charge on any atom is -0.460 e. The molecule has 0 saturated carbocycles. The lowest BCUT2D eigenvalue weighted by Gasteiger charge is -2.19. The van der Waals surface area contributed by atoms with Crippen molar-refractivity contribution in [2.24, 2.45) is 0 Å². The fraction of sp³-hybridized carbons (Fsp3) is 0.179. The highest BCUT2D eigenvalue weighted by Gasteiger charge is 2.26. The Morgan fingerprint density at radius 1 is 0.947 bits per heavy atom. The minimum absolute atomic E-state index is 0.209. The molecule has 1 N–H and O–H groups in total. The summed E-state index contributed by atoms with van der Waals surface area (Å²) in [6, 6.07) is 14.5. The number of para-hydroxylation sites is 1. The Balaban J connectivity index is 0.000000177. The lowest BCUT2D eigenvalue weighted by molar-refractivity contribution is -0.153. The molecule has 0 aliphatic carbocycles. The van der Waals surface area contributed by atoms with E-state index in [-0.39, 0.29) is 6.07 Å². The third kappa shape index (κ3) is 5.74. The van der Waals surface area contributed by atoms with Crippen molar-refractivity contribution in [3.05, 3.63) is 89.1 Å². The molecule has 4 aromatic rings. The number of ether oxygens (including phenoxy) is 1. The van der Waals surface area contributed by atoms with Crippen LogP contribution in [0.2, 0.25) is 0 Å². The van der Waals surface area contributed by atoms with Crippen LogP contribution in [-0.4, -0.2) is 22.3 Å². The molecule has 196 valence electrons. The van der Waals surface area contributed by atoms with Gasteiger partial charge >= 0.3 is 5.97 Å². The smallest absolute Gasteiger partial charge is 0.314 e. The Morgan fingerprint density at radius 2 is 1.68 bits per heavy atom. The predicted molar refractivity (Wildman–Crippen MR) is 133 cm³/mol. The van der Waals surface area contributed by atoms with E-state index in [1.807, 2.05) is 36.4 Å². The van der Waals surface area contributed by atoms with Crippen molar-refractivity contribution >= 4 is 39.6 Å². The van der Waals surface area contributed by atoms with E-state index >= 15 is 0 Å². The molecule has 0 bridgehead atoms. The second kappa shape index (κ2) is 10.5. The maximum absolute atomic E-state index is 13.3. The van der Waals surface area contributed by atoms with Crippen molar-refractivity contribution in [1.82, 2.24) is 10.5 Å². The molecule has 0 spiro atoms. The summed E-state index contributed by atoms with van der Waals surface area (Å²) in [5, 5.41) is 2.15. The molecular formula is C28H22F4N2O4. The quantitative estimate of drug-likeness (QED) is 0.0632. The first-order valence-electron chi connectivity index (χ1n) is 11.4. The van der Waals surface area contributed by atoms with E-state index in [0.717, 1.165) is 33.1 Å². The summed E-state index contributed by atoms with van der Waals surface area (Å²) in [5.74, 6) is -9.00. The number of hydrogen-bond donors (Lipinski definition) is 1. The number of carbonyl (C=O) groups is 2. The van der Waals surface area contributed by atoms with Crippen molar-refractivity contribution < 1.29 is 36.7 Å². The van der Waals surface area contributed by atoms with E-state index in [4.69, 9.17) is 9.57 Å². The number of halogens is 4. The highest BCUT2D eigenvalue weighted by molar-refractivity contribution is 6.06. The van der Waals surface area contributed by atoms with E-state index in [2.05, 4.69) is 22.6 Å². The number of ketones is 1. The van der Waals surface area contributed by atoms with Gasteiger partial charge < -0.3 is 9.57 Å². The SMILES string of the molecule is C1=Cc2ccc3nc4ccccc4cc3c2ON1.CC(C)(C)OC(=O)CC(=O)c1cc(F)c(F)c(F)c1F. The molecule has 3 aromatic carbocycles. The van der Waals surface area contributed by atoms with Gasteiger partial charge in [0.05, 0.1) is 16.6 Å². The zero-order valence-corrected chi connectivity index (χ0v) is 20.6. The fourth-order valence-corrected chi connectivity index (χ4v) is 3.68. The minimum atomic E-state index is -2.10. The highest BCUT2D eigenvalue weighted by atomic mass is 19.2. The number of nitrogens with one attached hydrogen (secondary N) is 1. The summed E-state index contributed by atoms with van der Waals surface area (Å²) in [7, 11) is 0. The Morgan fingerprint density at radius 3 is 2.42 bits per heavy atom. The van der Waals surface area contributed by atoms with Crippen LogP contribution in [0.4, 0.5) is 17.6 Å². The standard InChI is InChI=1S/C15H10N2O.C13H12F4O3/c1-2-4-13-11(3-1)9-12-14(17-13)6-5-10-7-8-16-18-15(10)12;1-13(2,3)20-9(19)5-8(18)6-4-7(14)11(16)12(17)10(6)15/h1-9,16H;4H,5H2,1-3H3.